The van der Waals surface area contributed by atoms with E-state index in [2.05, 4.69) is 5.32 Å². The Labute approximate surface area is 119 Å². The van der Waals surface area contributed by atoms with Crippen LogP contribution < -0.4 is 11.1 Å². The molecule has 0 radical (unpaired) electrons. The first-order chi connectivity index (χ1) is 8.99. The second-order valence-electron chi connectivity index (χ2n) is 3.78. The Morgan fingerprint density at radius 1 is 1.16 bits per heavy atom. The third kappa shape index (κ3) is 3.00. The number of hydrogen-bond donors (Lipinski definition) is 2. The van der Waals surface area contributed by atoms with Gasteiger partial charge >= 0.3 is 0 Å². The lowest BCUT2D eigenvalue weighted by Crippen LogP contribution is -2.12. The topological polar surface area (TPSA) is 38.0 Å². The van der Waals surface area contributed by atoms with Gasteiger partial charge in [-0.1, -0.05) is 29.9 Å². The summed E-state index contributed by atoms with van der Waals surface area (Å²) in [6.45, 7) is 0. The number of thiocarbonyl (C=S) groups is 1. The molecule has 0 saturated heterocycles. The van der Waals surface area contributed by atoms with Gasteiger partial charge in [0.15, 0.2) is 11.6 Å². The largest absolute Gasteiger partial charge is 0.389 e. The molecule has 2 rings (SSSR count). The summed E-state index contributed by atoms with van der Waals surface area (Å²) in [5, 5.41) is 3.17. The zero-order valence-corrected chi connectivity index (χ0v) is 11.2. The summed E-state index contributed by atoms with van der Waals surface area (Å²) in [5.41, 5.74) is 6.48. The maximum absolute atomic E-state index is 13.6. The highest BCUT2D eigenvalue weighted by atomic mass is 35.5. The Morgan fingerprint density at radius 2 is 1.89 bits per heavy atom. The first-order valence-corrected chi connectivity index (χ1v) is 6.08. The molecule has 0 saturated carbocycles. The lowest BCUT2D eigenvalue weighted by molar-refractivity contribution is 0.512. The van der Waals surface area contributed by atoms with Crippen LogP contribution >= 0.6 is 23.8 Å². The van der Waals surface area contributed by atoms with E-state index in [0.29, 0.717) is 16.3 Å². The number of hydrogen-bond acceptors (Lipinski definition) is 2. The highest BCUT2D eigenvalue weighted by molar-refractivity contribution is 7.80. The third-order valence-electron chi connectivity index (χ3n) is 2.47. The van der Waals surface area contributed by atoms with Gasteiger partial charge in [0.1, 0.15) is 4.99 Å². The molecule has 2 nitrogen and oxygen atoms in total. The zero-order chi connectivity index (χ0) is 14.0. The minimum Gasteiger partial charge on any atom is -0.389 e. The van der Waals surface area contributed by atoms with Gasteiger partial charge in [-0.2, -0.15) is 0 Å². The number of nitrogens with one attached hydrogen (secondary N) is 1. The highest BCUT2D eigenvalue weighted by Gasteiger charge is 2.11. The summed E-state index contributed by atoms with van der Waals surface area (Å²) in [5.74, 6) is -1.92. The van der Waals surface area contributed by atoms with E-state index in [1.807, 2.05) is 0 Å². The fraction of sp³-hybridized carbons (Fsp3) is 0. The molecule has 0 unspecified atom stereocenters. The molecule has 0 heterocycles. The monoisotopic (exact) mass is 298 g/mol. The molecule has 19 heavy (non-hydrogen) atoms. The van der Waals surface area contributed by atoms with Crippen LogP contribution in [0, 0.1) is 11.6 Å². The van der Waals surface area contributed by atoms with Crippen molar-refractivity contribution in [2.24, 2.45) is 5.73 Å². The lowest BCUT2D eigenvalue weighted by atomic mass is 10.1. The second-order valence-corrected chi connectivity index (χ2v) is 4.66. The Bertz CT molecular complexity index is 647. The van der Waals surface area contributed by atoms with Gasteiger partial charge in [0, 0.05) is 10.6 Å². The predicted octanol–water partition coefficient (Wildman–Crippen LogP) is 4.00. The van der Waals surface area contributed by atoms with Crippen LogP contribution in [0.2, 0.25) is 5.02 Å². The Kier molecular flexibility index (Phi) is 3.97. The number of halogens is 3. The molecule has 0 amide bonds. The Morgan fingerprint density at radius 3 is 2.58 bits per heavy atom. The molecular weight excluding hydrogens is 290 g/mol. The van der Waals surface area contributed by atoms with Crippen LogP contribution in [0.3, 0.4) is 0 Å². The first kappa shape index (κ1) is 13.7. The molecule has 0 spiro atoms. The summed E-state index contributed by atoms with van der Waals surface area (Å²) in [6.07, 6.45) is 0. The molecule has 98 valence electrons. The van der Waals surface area contributed by atoms with Crippen LogP contribution in [0.1, 0.15) is 5.56 Å². The molecule has 0 bridgehead atoms. The number of anilines is 2. The molecule has 2 aromatic rings. The van der Waals surface area contributed by atoms with E-state index in [-0.39, 0.29) is 10.7 Å². The van der Waals surface area contributed by atoms with E-state index in [1.54, 1.807) is 18.2 Å². The fourth-order valence-corrected chi connectivity index (χ4v) is 1.93. The normalized spacial score (nSPS) is 10.3. The average molecular weight is 299 g/mol. The smallest absolute Gasteiger partial charge is 0.182 e. The van der Waals surface area contributed by atoms with Gasteiger partial charge in [-0.15, -0.1) is 0 Å². The van der Waals surface area contributed by atoms with Gasteiger partial charge in [0.2, 0.25) is 0 Å². The van der Waals surface area contributed by atoms with Gasteiger partial charge in [-0.05, 0) is 30.3 Å². The molecule has 0 aliphatic carbocycles. The number of rotatable bonds is 3. The molecule has 0 atom stereocenters. The zero-order valence-electron chi connectivity index (χ0n) is 9.58. The Balaban J connectivity index is 2.45. The summed E-state index contributed by atoms with van der Waals surface area (Å²) in [4.78, 5) is 0.135. The van der Waals surface area contributed by atoms with Gasteiger partial charge < -0.3 is 11.1 Å². The fourth-order valence-electron chi connectivity index (χ4n) is 1.58. The van der Waals surface area contributed by atoms with Crippen molar-refractivity contribution in [1.29, 1.82) is 0 Å². The summed E-state index contributed by atoms with van der Waals surface area (Å²) < 4.78 is 26.7. The van der Waals surface area contributed by atoms with Gasteiger partial charge in [0.25, 0.3) is 0 Å². The number of benzene rings is 2. The molecule has 0 aromatic heterocycles. The van der Waals surface area contributed by atoms with Crippen molar-refractivity contribution in [3.05, 3.63) is 58.6 Å². The molecule has 3 N–H and O–H groups in total. The van der Waals surface area contributed by atoms with Crippen LogP contribution in [0.25, 0.3) is 0 Å². The SMILES string of the molecule is NC(=S)c1ccc(Cl)cc1Nc1cccc(F)c1F. The van der Waals surface area contributed by atoms with Crippen LogP contribution in [-0.2, 0) is 0 Å². The van der Waals surface area contributed by atoms with Crippen molar-refractivity contribution in [1.82, 2.24) is 0 Å². The predicted molar refractivity (Wildman–Crippen MR) is 77.0 cm³/mol. The maximum Gasteiger partial charge on any atom is 0.182 e. The van der Waals surface area contributed by atoms with Crippen molar-refractivity contribution < 1.29 is 8.78 Å². The molecule has 0 fully saturated rings. The summed E-state index contributed by atoms with van der Waals surface area (Å²) in [6, 6.07) is 8.61. The standard InChI is InChI=1S/C13H9ClF2N2S/c14-7-4-5-8(13(17)19)11(6-7)18-10-3-1-2-9(15)12(10)16/h1-6,18H,(H2,17,19). The first-order valence-electron chi connectivity index (χ1n) is 5.29. The van der Waals surface area contributed by atoms with E-state index in [0.717, 1.165) is 6.07 Å². The quantitative estimate of drug-likeness (QED) is 0.841. The van der Waals surface area contributed by atoms with E-state index in [1.165, 1.54) is 12.1 Å². The summed E-state index contributed by atoms with van der Waals surface area (Å²) >= 11 is 10.8. The average Bonchev–Trinajstić information content (AvgIpc) is 2.35. The van der Waals surface area contributed by atoms with Crippen molar-refractivity contribution in [3.63, 3.8) is 0 Å². The van der Waals surface area contributed by atoms with E-state index in [4.69, 9.17) is 29.6 Å². The van der Waals surface area contributed by atoms with Crippen molar-refractivity contribution in [2.45, 2.75) is 0 Å². The maximum atomic E-state index is 13.6. The van der Waals surface area contributed by atoms with E-state index >= 15 is 0 Å². The van der Waals surface area contributed by atoms with E-state index in [9.17, 15) is 8.78 Å². The Hall–Kier alpha value is -1.72. The van der Waals surface area contributed by atoms with Crippen LogP contribution in [-0.4, -0.2) is 4.99 Å². The molecule has 0 aliphatic rings. The lowest BCUT2D eigenvalue weighted by Gasteiger charge is -2.12. The van der Waals surface area contributed by atoms with Crippen molar-refractivity contribution in [3.8, 4) is 0 Å². The van der Waals surface area contributed by atoms with Gasteiger partial charge in [0.05, 0.1) is 11.4 Å². The van der Waals surface area contributed by atoms with Gasteiger partial charge in [-0.3, -0.25) is 0 Å². The molecule has 6 heteroatoms. The minimum absolute atomic E-state index is 0.0141. The number of nitrogens with two attached hydrogens (primary N) is 1. The second kappa shape index (κ2) is 5.50. The molecule has 0 aliphatic heterocycles. The van der Waals surface area contributed by atoms with Crippen LogP contribution in [0.4, 0.5) is 20.2 Å². The van der Waals surface area contributed by atoms with Crippen LogP contribution in [0.15, 0.2) is 36.4 Å². The molecule has 2 aromatic carbocycles. The third-order valence-corrected chi connectivity index (χ3v) is 2.92. The van der Waals surface area contributed by atoms with Crippen molar-refractivity contribution >= 4 is 40.2 Å². The minimum atomic E-state index is -0.976. The highest BCUT2D eigenvalue weighted by Crippen LogP contribution is 2.27. The van der Waals surface area contributed by atoms with Gasteiger partial charge in [-0.25, -0.2) is 8.78 Å². The van der Waals surface area contributed by atoms with Crippen molar-refractivity contribution in [2.75, 3.05) is 5.32 Å². The van der Waals surface area contributed by atoms with Crippen LogP contribution in [0.5, 0.6) is 0 Å². The molecular formula is C13H9ClF2N2S. The summed E-state index contributed by atoms with van der Waals surface area (Å²) in [7, 11) is 0. The van der Waals surface area contributed by atoms with E-state index < -0.39 is 11.6 Å².